The number of ether oxygens (including phenoxy) is 2. The van der Waals surface area contributed by atoms with Gasteiger partial charge in [0.25, 0.3) is 0 Å². The number of anilines is 1. The molecule has 0 saturated carbocycles. The third kappa shape index (κ3) is 3.95. The summed E-state index contributed by atoms with van der Waals surface area (Å²) in [6.45, 7) is 7.54. The van der Waals surface area contributed by atoms with Gasteiger partial charge in [-0.15, -0.1) is 0 Å². The van der Waals surface area contributed by atoms with Crippen molar-refractivity contribution in [3.8, 4) is 11.5 Å². The van der Waals surface area contributed by atoms with Gasteiger partial charge < -0.3 is 14.8 Å². The van der Waals surface area contributed by atoms with Gasteiger partial charge >= 0.3 is 0 Å². The third-order valence-electron chi connectivity index (χ3n) is 3.58. The van der Waals surface area contributed by atoms with Gasteiger partial charge in [0.2, 0.25) is 0 Å². The highest BCUT2D eigenvalue weighted by molar-refractivity contribution is 9.10. The molecule has 4 heteroatoms. The zero-order valence-electron chi connectivity index (χ0n) is 13.5. The van der Waals surface area contributed by atoms with E-state index in [1.165, 1.54) is 11.1 Å². The minimum atomic E-state index is 0.608. The fourth-order valence-corrected chi connectivity index (χ4v) is 2.89. The second-order valence-electron chi connectivity index (χ2n) is 5.19. The zero-order chi connectivity index (χ0) is 16.1. The predicted octanol–water partition coefficient (Wildman–Crippen LogP) is 5.09. The zero-order valence-corrected chi connectivity index (χ0v) is 15.1. The van der Waals surface area contributed by atoms with E-state index in [1.54, 1.807) is 7.11 Å². The van der Waals surface area contributed by atoms with Gasteiger partial charge in [0.05, 0.1) is 18.2 Å². The minimum absolute atomic E-state index is 0.608. The summed E-state index contributed by atoms with van der Waals surface area (Å²) in [6, 6.07) is 10.5. The number of aryl methyl sites for hydroxylation is 2. The molecule has 0 spiro atoms. The molecule has 0 aliphatic heterocycles. The first-order valence-corrected chi connectivity index (χ1v) is 8.14. The lowest BCUT2D eigenvalue weighted by molar-refractivity contribution is 0.309. The summed E-state index contributed by atoms with van der Waals surface area (Å²) in [4.78, 5) is 0. The Kier molecular flexibility index (Phi) is 5.72. The fraction of sp³-hybridized carbons (Fsp3) is 0.333. The third-order valence-corrected chi connectivity index (χ3v) is 4.17. The summed E-state index contributed by atoms with van der Waals surface area (Å²) in [5.41, 5.74) is 4.84. The van der Waals surface area contributed by atoms with E-state index in [0.29, 0.717) is 6.61 Å². The molecule has 2 rings (SSSR count). The molecule has 22 heavy (non-hydrogen) atoms. The lowest BCUT2D eigenvalue weighted by Gasteiger charge is -2.14. The fourth-order valence-electron chi connectivity index (χ4n) is 2.24. The van der Waals surface area contributed by atoms with Crippen molar-refractivity contribution in [2.75, 3.05) is 19.0 Å². The van der Waals surface area contributed by atoms with E-state index in [1.807, 2.05) is 13.0 Å². The van der Waals surface area contributed by atoms with Crippen LogP contribution in [0.3, 0.4) is 0 Å². The Labute approximate surface area is 140 Å². The Morgan fingerprint density at radius 1 is 1.09 bits per heavy atom. The normalized spacial score (nSPS) is 10.4. The SMILES string of the molecule is CCOc1cc(CNc2ccc(C)c(C)c2)cc(Br)c1OC. The van der Waals surface area contributed by atoms with Crippen molar-refractivity contribution in [3.05, 3.63) is 51.5 Å². The standard InChI is InChI=1S/C18H22BrNO2/c1-5-22-17-10-14(9-16(19)18(17)21-4)11-20-15-7-6-12(2)13(3)8-15/h6-10,20H,5,11H2,1-4H3. The van der Waals surface area contributed by atoms with Crippen molar-refractivity contribution in [1.29, 1.82) is 0 Å². The number of benzene rings is 2. The topological polar surface area (TPSA) is 30.5 Å². The number of nitrogens with one attached hydrogen (secondary N) is 1. The molecule has 118 valence electrons. The number of hydrogen-bond donors (Lipinski definition) is 1. The summed E-state index contributed by atoms with van der Waals surface area (Å²) in [7, 11) is 1.65. The molecule has 0 aliphatic rings. The summed E-state index contributed by atoms with van der Waals surface area (Å²) in [6.07, 6.45) is 0. The van der Waals surface area contributed by atoms with Gasteiger partial charge in [-0.05, 0) is 77.7 Å². The van der Waals surface area contributed by atoms with Gasteiger partial charge in [-0.2, -0.15) is 0 Å². The van der Waals surface area contributed by atoms with Crippen molar-refractivity contribution in [2.45, 2.75) is 27.3 Å². The molecule has 0 saturated heterocycles. The van der Waals surface area contributed by atoms with Crippen LogP contribution in [0.4, 0.5) is 5.69 Å². The van der Waals surface area contributed by atoms with Crippen LogP contribution in [0.5, 0.6) is 11.5 Å². The molecule has 0 bridgehead atoms. The molecule has 0 heterocycles. The summed E-state index contributed by atoms with van der Waals surface area (Å²) < 4.78 is 11.9. The average molecular weight is 364 g/mol. The molecule has 3 nitrogen and oxygen atoms in total. The summed E-state index contributed by atoms with van der Waals surface area (Å²) >= 11 is 3.54. The van der Waals surface area contributed by atoms with E-state index in [4.69, 9.17) is 9.47 Å². The molecule has 0 fully saturated rings. The largest absolute Gasteiger partial charge is 0.492 e. The number of methoxy groups -OCH3 is 1. The summed E-state index contributed by atoms with van der Waals surface area (Å²) in [5, 5.41) is 3.45. The monoisotopic (exact) mass is 363 g/mol. The van der Waals surface area contributed by atoms with Gasteiger partial charge in [-0.25, -0.2) is 0 Å². The number of halogens is 1. The molecule has 1 N–H and O–H groups in total. The van der Waals surface area contributed by atoms with Gasteiger partial charge in [0, 0.05) is 12.2 Å². The van der Waals surface area contributed by atoms with Crippen LogP contribution in [0.1, 0.15) is 23.6 Å². The number of hydrogen-bond acceptors (Lipinski definition) is 3. The Hall–Kier alpha value is -1.68. The van der Waals surface area contributed by atoms with Gasteiger partial charge in [0.15, 0.2) is 11.5 Å². The molecule has 2 aromatic carbocycles. The molecule has 0 aromatic heterocycles. The van der Waals surface area contributed by atoms with E-state index in [9.17, 15) is 0 Å². The first kappa shape index (κ1) is 16.7. The van der Waals surface area contributed by atoms with Crippen LogP contribution in [0, 0.1) is 13.8 Å². The van der Waals surface area contributed by atoms with Crippen LogP contribution in [0.2, 0.25) is 0 Å². The molecule has 0 unspecified atom stereocenters. The van der Waals surface area contributed by atoms with E-state index < -0.39 is 0 Å². The van der Waals surface area contributed by atoms with Gasteiger partial charge in [-0.3, -0.25) is 0 Å². The molecule has 0 atom stereocenters. The Morgan fingerprint density at radius 2 is 1.86 bits per heavy atom. The van der Waals surface area contributed by atoms with Crippen LogP contribution < -0.4 is 14.8 Å². The van der Waals surface area contributed by atoms with Gasteiger partial charge in [-0.1, -0.05) is 6.07 Å². The van der Waals surface area contributed by atoms with Crippen LogP contribution in [0.15, 0.2) is 34.8 Å². The minimum Gasteiger partial charge on any atom is -0.492 e. The van der Waals surface area contributed by atoms with E-state index >= 15 is 0 Å². The second-order valence-corrected chi connectivity index (χ2v) is 6.05. The van der Waals surface area contributed by atoms with Crippen LogP contribution in [-0.2, 0) is 6.54 Å². The van der Waals surface area contributed by atoms with Gasteiger partial charge in [0.1, 0.15) is 0 Å². The van der Waals surface area contributed by atoms with Crippen LogP contribution in [-0.4, -0.2) is 13.7 Å². The van der Waals surface area contributed by atoms with Crippen molar-refractivity contribution in [3.63, 3.8) is 0 Å². The molecule has 0 aliphatic carbocycles. The molecular formula is C18H22BrNO2. The maximum Gasteiger partial charge on any atom is 0.174 e. The van der Waals surface area contributed by atoms with E-state index in [2.05, 4.69) is 59.4 Å². The van der Waals surface area contributed by atoms with E-state index in [-0.39, 0.29) is 0 Å². The smallest absolute Gasteiger partial charge is 0.174 e. The lowest BCUT2D eigenvalue weighted by Crippen LogP contribution is -2.02. The van der Waals surface area contributed by atoms with Crippen molar-refractivity contribution in [2.24, 2.45) is 0 Å². The highest BCUT2D eigenvalue weighted by atomic mass is 79.9. The first-order chi connectivity index (χ1) is 10.5. The number of rotatable bonds is 6. The molecule has 0 radical (unpaired) electrons. The van der Waals surface area contributed by atoms with Crippen LogP contribution >= 0.6 is 15.9 Å². The highest BCUT2D eigenvalue weighted by Gasteiger charge is 2.11. The first-order valence-electron chi connectivity index (χ1n) is 7.35. The quantitative estimate of drug-likeness (QED) is 0.775. The van der Waals surface area contributed by atoms with Crippen molar-refractivity contribution in [1.82, 2.24) is 0 Å². The maximum atomic E-state index is 5.65. The predicted molar refractivity (Wildman–Crippen MR) is 95.1 cm³/mol. The lowest BCUT2D eigenvalue weighted by atomic mass is 10.1. The van der Waals surface area contributed by atoms with Crippen LogP contribution in [0.25, 0.3) is 0 Å². The van der Waals surface area contributed by atoms with Crippen molar-refractivity contribution >= 4 is 21.6 Å². The van der Waals surface area contributed by atoms with E-state index in [0.717, 1.165) is 33.8 Å². The Balaban J connectivity index is 2.17. The van der Waals surface area contributed by atoms with Crippen molar-refractivity contribution < 1.29 is 9.47 Å². The summed E-state index contributed by atoms with van der Waals surface area (Å²) in [5.74, 6) is 1.49. The Bertz CT molecular complexity index is 656. The Morgan fingerprint density at radius 3 is 2.50 bits per heavy atom. The average Bonchev–Trinajstić information content (AvgIpc) is 2.49. The molecular weight excluding hydrogens is 342 g/mol. The maximum absolute atomic E-state index is 5.65. The molecule has 0 amide bonds. The second kappa shape index (κ2) is 7.54. The highest BCUT2D eigenvalue weighted by Crippen LogP contribution is 2.36. The molecule has 2 aromatic rings.